The fourth-order valence-corrected chi connectivity index (χ4v) is 3.09. The Labute approximate surface area is 160 Å². The van der Waals surface area contributed by atoms with Crippen molar-refractivity contribution >= 4 is 5.69 Å². The van der Waals surface area contributed by atoms with E-state index in [1.165, 1.54) is 12.1 Å². The zero-order valence-corrected chi connectivity index (χ0v) is 15.4. The van der Waals surface area contributed by atoms with Crippen LogP contribution in [-0.2, 0) is 10.9 Å². The number of nitriles is 1. The summed E-state index contributed by atoms with van der Waals surface area (Å²) in [4.78, 5) is 1.72. The molecule has 1 saturated heterocycles. The minimum Gasteiger partial charge on any atom is -0.497 e. The van der Waals surface area contributed by atoms with Gasteiger partial charge in [0.15, 0.2) is 0 Å². The molecule has 0 N–H and O–H groups in total. The van der Waals surface area contributed by atoms with Crippen LogP contribution in [0.1, 0.15) is 18.1 Å². The van der Waals surface area contributed by atoms with E-state index in [0.29, 0.717) is 23.7 Å². The Morgan fingerprint density at radius 2 is 1.96 bits per heavy atom. The Morgan fingerprint density at radius 1 is 1.21 bits per heavy atom. The van der Waals surface area contributed by atoms with Crippen molar-refractivity contribution in [2.45, 2.75) is 25.4 Å². The van der Waals surface area contributed by atoms with Crippen LogP contribution in [0.2, 0.25) is 0 Å². The highest BCUT2D eigenvalue weighted by molar-refractivity contribution is 5.55. The largest absolute Gasteiger partial charge is 0.497 e. The molecule has 1 fully saturated rings. The maximum absolute atomic E-state index is 13.2. The Balaban J connectivity index is 1.70. The van der Waals surface area contributed by atoms with Crippen molar-refractivity contribution in [1.29, 1.82) is 5.26 Å². The Morgan fingerprint density at radius 3 is 2.64 bits per heavy atom. The van der Waals surface area contributed by atoms with Crippen LogP contribution in [0.25, 0.3) is 0 Å². The molecule has 2 aromatic carbocycles. The Kier molecular flexibility index (Phi) is 5.66. The van der Waals surface area contributed by atoms with E-state index in [-0.39, 0.29) is 12.7 Å². The third kappa shape index (κ3) is 4.31. The molecule has 0 unspecified atom stereocenters. The third-order valence-electron chi connectivity index (χ3n) is 4.47. The Hall–Kier alpha value is -2.92. The minimum absolute atomic E-state index is 0.246. The number of hydrogen-bond donors (Lipinski definition) is 0. The fraction of sp³-hybridized carbons (Fsp3) is 0.350. The maximum Gasteiger partial charge on any atom is 0.417 e. The van der Waals surface area contributed by atoms with Gasteiger partial charge in [0.1, 0.15) is 30.4 Å². The molecule has 0 radical (unpaired) electrons. The molecule has 0 aromatic heterocycles. The van der Waals surface area contributed by atoms with Gasteiger partial charge in [-0.1, -0.05) is 6.07 Å². The molecule has 2 aromatic rings. The number of rotatable bonds is 5. The minimum atomic E-state index is -4.60. The van der Waals surface area contributed by atoms with Crippen LogP contribution in [0.3, 0.4) is 0 Å². The molecule has 0 aliphatic carbocycles. The summed E-state index contributed by atoms with van der Waals surface area (Å²) in [7, 11) is 1.56. The standard InChI is InChI=1S/C20H19F3N2O3/c1-13-25(15-7-6-14(10-24)19(8-15)20(21,22)23)11-18(28-13)12-27-17-5-3-4-16(9-17)26-2/h3-9,13,18H,11-12H2,1-2H3/t13-,18+/m1/s1. The number of methoxy groups -OCH3 is 1. The van der Waals surface area contributed by atoms with E-state index < -0.39 is 23.5 Å². The van der Waals surface area contributed by atoms with Crippen LogP contribution >= 0.6 is 0 Å². The number of nitrogens with zero attached hydrogens (tertiary/aromatic N) is 2. The summed E-state index contributed by atoms with van der Waals surface area (Å²) < 4.78 is 56.3. The maximum atomic E-state index is 13.2. The van der Waals surface area contributed by atoms with Crippen molar-refractivity contribution < 1.29 is 27.4 Å². The van der Waals surface area contributed by atoms with Gasteiger partial charge in [-0.25, -0.2) is 0 Å². The lowest BCUT2D eigenvalue weighted by molar-refractivity contribution is -0.137. The number of benzene rings is 2. The molecule has 1 aliphatic rings. The smallest absolute Gasteiger partial charge is 0.417 e. The fourth-order valence-electron chi connectivity index (χ4n) is 3.09. The van der Waals surface area contributed by atoms with Gasteiger partial charge in [-0.3, -0.25) is 0 Å². The SMILES string of the molecule is COc1cccc(OC[C@@H]2CN(c3ccc(C#N)c(C(F)(F)F)c3)[C@@H](C)O2)c1. The summed E-state index contributed by atoms with van der Waals surface area (Å²) in [6.45, 7) is 2.38. The number of anilines is 1. The molecular weight excluding hydrogens is 373 g/mol. The van der Waals surface area contributed by atoms with Gasteiger partial charge in [0.05, 0.1) is 30.9 Å². The third-order valence-corrected chi connectivity index (χ3v) is 4.47. The summed E-state index contributed by atoms with van der Waals surface area (Å²) >= 11 is 0. The predicted octanol–water partition coefficient (Wildman–Crippen LogP) is 4.22. The average molecular weight is 392 g/mol. The molecular formula is C20H19F3N2O3. The lowest BCUT2D eigenvalue weighted by Crippen LogP contribution is -2.28. The first-order valence-electron chi connectivity index (χ1n) is 8.62. The van der Waals surface area contributed by atoms with E-state index >= 15 is 0 Å². The van der Waals surface area contributed by atoms with Gasteiger partial charge < -0.3 is 19.1 Å². The van der Waals surface area contributed by atoms with Crippen LogP contribution in [0, 0.1) is 11.3 Å². The number of hydrogen-bond acceptors (Lipinski definition) is 5. The topological polar surface area (TPSA) is 54.7 Å². The molecule has 8 heteroatoms. The van der Waals surface area contributed by atoms with E-state index in [1.54, 1.807) is 49.3 Å². The second-order valence-electron chi connectivity index (χ2n) is 6.34. The molecule has 0 bridgehead atoms. The molecule has 1 heterocycles. The average Bonchev–Trinajstić information content (AvgIpc) is 3.06. The van der Waals surface area contributed by atoms with Crippen LogP contribution in [-0.4, -0.2) is 32.6 Å². The molecule has 0 saturated carbocycles. The summed E-state index contributed by atoms with van der Waals surface area (Å²) in [6, 6.07) is 12.4. The predicted molar refractivity (Wildman–Crippen MR) is 96.3 cm³/mol. The van der Waals surface area contributed by atoms with E-state index in [4.69, 9.17) is 19.5 Å². The summed E-state index contributed by atoms with van der Waals surface area (Å²) in [5.74, 6) is 1.28. The van der Waals surface area contributed by atoms with Crippen LogP contribution in [0.15, 0.2) is 42.5 Å². The van der Waals surface area contributed by atoms with Gasteiger partial charge >= 0.3 is 6.18 Å². The highest BCUT2D eigenvalue weighted by Crippen LogP contribution is 2.36. The number of ether oxygens (including phenoxy) is 3. The van der Waals surface area contributed by atoms with Crippen LogP contribution in [0.4, 0.5) is 18.9 Å². The van der Waals surface area contributed by atoms with Crippen molar-refractivity contribution in [2.75, 3.05) is 25.2 Å². The highest BCUT2D eigenvalue weighted by atomic mass is 19.4. The van der Waals surface area contributed by atoms with Crippen molar-refractivity contribution in [2.24, 2.45) is 0 Å². The molecule has 0 spiro atoms. The summed E-state index contributed by atoms with van der Waals surface area (Å²) in [6.07, 6.45) is -5.33. The first-order valence-corrected chi connectivity index (χ1v) is 8.62. The quantitative estimate of drug-likeness (QED) is 0.763. The highest BCUT2D eigenvalue weighted by Gasteiger charge is 2.36. The molecule has 3 rings (SSSR count). The lowest BCUT2D eigenvalue weighted by atomic mass is 10.1. The van der Waals surface area contributed by atoms with Gasteiger partial charge in [-0.15, -0.1) is 0 Å². The zero-order valence-electron chi connectivity index (χ0n) is 15.4. The molecule has 28 heavy (non-hydrogen) atoms. The van der Waals surface area contributed by atoms with E-state index in [0.717, 1.165) is 6.07 Å². The molecule has 0 amide bonds. The van der Waals surface area contributed by atoms with Crippen LogP contribution < -0.4 is 14.4 Å². The number of halogens is 3. The van der Waals surface area contributed by atoms with E-state index in [9.17, 15) is 13.2 Å². The number of alkyl halides is 3. The van der Waals surface area contributed by atoms with Crippen molar-refractivity contribution in [3.8, 4) is 17.6 Å². The van der Waals surface area contributed by atoms with Crippen LogP contribution in [0.5, 0.6) is 11.5 Å². The van der Waals surface area contributed by atoms with Gasteiger partial charge in [0.2, 0.25) is 0 Å². The summed E-state index contributed by atoms with van der Waals surface area (Å²) in [5.41, 5.74) is -1.000. The lowest BCUT2D eigenvalue weighted by Gasteiger charge is -2.23. The van der Waals surface area contributed by atoms with Gasteiger partial charge in [0.25, 0.3) is 0 Å². The van der Waals surface area contributed by atoms with Gasteiger partial charge in [-0.2, -0.15) is 18.4 Å². The van der Waals surface area contributed by atoms with E-state index in [2.05, 4.69) is 0 Å². The van der Waals surface area contributed by atoms with Gasteiger partial charge in [0, 0.05) is 11.8 Å². The first kappa shape index (κ1) is 19.8. The van der Waals surface area contributed by atoms with E-state index in [1.807, 2.05) is 0 Å². The molecule has 148 valence electrons. The molecule has 1 aliphatic heterocycles. The molecule has 2 atom stereocenters. The molecule has 5 nitrogen and oxygen atoms in total. The zero-order chi connectivity index (χ0) is 20.3. The normalized spacial score (nSPS) is 19.4. The van der Waals surface area contributed by atoms with Crippen molar-refractivity contribution in [3.63, 3.8) is 0 Å². The second-order valence-corrected chi connectivity index (χ2v) is 6.34. The van der Waals surface area contributed by atoms with Gasteiger partial charge in [-0.05, 0) is 37.3 Å². The van der Waals surface area contributed by atoms with Crippen molar-refractivity contribution in [1.82, 2.24) is 0 Å². The monoisotopic (exact) mass is 392 g/mol. The second kappa shape index (κ2) is 7.98. The van der Waals surface area contributed by atoms with Crippen molar-refractivity contribution in [3.05, 3.63) is 53.6 Å². The Bertz CT molecular complexity index is 880. The summed E-state index contributed by atoms with van der Waals surface area (Å²) in [5, 5.41) is 8.93. The first-order chi connectivity index (χ1) is 13.3.